The number of hydrogen-bond acceptors (Lipinski definition) is 3. The van der Waals surface area contributed by atoms with Crippen LogP contribution in [-0.4, -0.2) is 13.6 Å². The fourth-order valence-electron chi connectivity index (χ4n) is 1.60. The van der Waals surface area contributed by atoms with E-state index in [4.69, 9.17) is 5.73 Å². The molecule has 0 aliphatic rings. The summed E-state index contributed by atoms with van der Waals surface area (Å²) in [5, 5.41) is 0. The largest absolute Gasteiger partial charge is 0.771 e. The molecule has 1 rings (SSSR count). The lowest BCUT2D eigenvalue weighted by molar-refractivity contribution is 0.448. The SMILES string of the molecule is CCCC(N)(Cc1ccccc1)S(=O)[O-]. The van der Waals surface area contributed by atoms with Gasteiger partial charge in [-0.25, -0.2) is 0 Å². The van der Waals surface area contributed by atoms with E-state index in [9.17, 15) is 8.76 Å². The van der Waals surface area contributed by atoms with Crippen LogP contribution in [-0.2, 0) is 17.5 Å². The van der Waals surface area contributed by atoms with Crippen molar-refractivity contribution >= 4 is 11.1 Å². The predicted octanol–water partition coefficient (Wildman–Crippen LogP) is 1.56. The lowest BCUT2D eigenvalue weighted by atomic mass is 10.0. The summed E-state index contributed by atoms with van der Waals surface area (Å²) >= 11 is -2.24. The van der Waals surface area contributed by atoms with Crippen molar-refractivity contribution < 1.29 is 8.76 Å². The Labute approximate surface area is 93.0 Å². The highest BCUT2D eigenvalue weighted by molar-refractivity contribution is 7.80. The molecule has 0 amide bonds. The zero-order valence-electron chi connectivity index (χ0n) is 8.81. The zero-order valence-corrected chi connectivity index (χ0v) is 9.63. The molecule has 0 spiro atoms. The monoisotopic (exact) mass is 226 g/mol. The molecule has 84 valence electrons. The van der Waals surface area contributed by atoms with Crippen molar-refractivity contribution in [2.45, 2.75) is 31.1 Å². The molecule has 2 unspecified atom stereocenters. The minimum absolute atomic E-state index is 0.373. The van der Waals surface area contributed by atoms with E-state index in [-0.39, 0.29) is 0 Å². The summed E-state index contributed by atoms with van der Waals surface area (Å²) in [7, 11) is 0. The van der Waals surface area contributed by atoms with Crippen molar-refractivity contribution in [3.63, 3.8) is 0 Å². The standard InChI is InChI=1S/C11H17NO2S/c1-2-8-11(12,15(13)14)9-10-6-4-3-5-7-10/h3-7H,2,8-9,12H2,1H3,(H,13,14)/p-1. The highest BCUT2D eigenvalue weighted by Gasteiger charge is 2.25. The lowest BCUT2D eigenvalue weighted by Crippen LogP contribution is -2.46. The molecule has 0 bridgehead atoms. The Bertz CT molecular complexity index is 329. The number of hydrogen-bond donors (Lipinski definition) is 1. The molecule has 0 aliphatic carbocycles. The Morgan fingerprint density at radius 1 is 1.40 bits per heavy atom. The van der Waals surface area contributed by atoms with Crippen LogP contribution in [0.25, 0.3) is 0 Å². The van der Waals surface area contributed by atoms with Crippen LogP contribution in [0.1, 0.15) is 25.3 Å². The quantitative estimate of drug-likeness (QED) is 0.775. The first-order valence-corrected chi connectivity index (χ1v) is 6.08. The molecular weight excluding hydrogens is 210 g/mol. The van der Waals surface area contributed by atoms with Crippen LogP contribution in [0.15, 0.2) is 30.3 Å². The average Bonchev–Trinajstić information content (AvgIpc) is 2.19. The van der Waals surface area contributed by atoms with Gasteiger partial charge >= 0.3 is 0 Å². The van der Waals surface area contributed by atoms with Gasteiger partial charge in [-0.3, -0.25) is 4.21 Å². The zero-order chi connectivity index (χ0) is 11.3. The van der Waals surface area contributed by atoms with Gasteiger partial charge in [-0.1, -0.05) is 43.7 Å². The summed E-state index contributed by atoms with van der Waals surface area (Å²) in [5.74, 6) is 0. The molecule has 0 radical (unpaired) electrons. The molecule has 0 saturated carbocycles. The van der Waals surface area contributed by atoms with E-state index in [0.717, 1.165) is 12.0 Å². The molecule has 0 heterocycles. The Morgan fingerprint density at radius 3 is 2.47 bits per heavy atom. The van der Waals surface area contributed by atoms with Crippen molar-refractivity contribution in [1.82, 2.24) is 0 Å². The minimum atomic E-state index is -2.24. The first-order chi connectivity index (χ1) is 7.08. The maximum Gasteiger partial charge on any atom is 0.0828 e. The molecule has 0 saturated heterocycles. The van der Waals surface area contributed by atoms with Gasteiger partial charge in [0.15, 0.2) is 0 Å². The van der Waals surface area contributed by atoms with E-state index in [1.54, 1.807) is 0 Å². The Hall–Kier alpha value is -0.710. The highest BCUT2D eigenvalue weighted by atomic mass is 32.2. The van der Waals surface area contributed by atoms with Crippen molar-refractivity contribution in [3.8, 4) is 0 Å². The van der Waals surface area contributed by atoms with Gasteiger partial charge < -0.3 is 10.3 Å². The highest BCUT2D eigenvalue weighted by Crippen LogP contribution is 2.19. The second-order valence-corrected chi connectivity index (χ2v) is 4.99. The first-order valence-electron chi connectivity index (χ1n) is 5.00. The maximum atomic E-state index is 11.1. The summed E-state index contributed by atoms with van der Waals surface area (Å²) in [4.78, 5) is -1.13. The Morgan fingerprint density at radius 2 is 2.00 bits per heavy atom. The minimum Gasteiger partial charge on any atom is -0.771 e. The van der Waals surface area contributed by atoms with E-state index in [2.05, 4.69) is 0 Å². The summed E-state index contributed by atoms with van der Waals surface area (Å²) < 4.78 is 22.2. The van der Waals surface area contributed by atoms with Gasteiger partial charge in [0.2, 0.25) is 0 Å². The Kier molecular flexibility index (Phi) is 4.45. The van der Waals surface area contributed by atoms with Crippen LogP contribution in [0, 0.1) is 0 Å². The molecule has 0 fully saturated rings. The number of nitrogens with two attached hydrogens (primary N) is 1. The smallest absolute Gasteiger partial charge is 0.0828 e. The van der Waals surface area contributed by atoms with E-state index in [0.29, 0.717) is 12.8 Å². The van der Waals surface area contributed by atoms with Crippen molar-refractivity contribution in [2.24, 2.45) is 5.73 Å². The second-order valence-electron chi connectivity index (χ2n) is 3.71. The fraction of sp³-hybridized carbons (Fsp3) is 0.455. The van der Waals surface area contributed by atoms with Crippen LogP contribution in [0.5, 0.6) is 0 Å². The van der Waals surface area contributed by atoms with Gasteiger partial charge in [-0.05, 0) is 23.1 Å². The van der Waals surface area contributed by atoms with Gasteiger partial charge in [0.1, 0.15) is 0 Å². The van der Waals surface area contributed by atoms with E-state index in [1.165, 1.54) is 0 Å². The molecule has 0 aromatic heterocycles. The maximum absolute atomic E-state index is 11.1. The molecular formula is C11H16NO2S-. The average molecular weight is 226 g/mol. The predicted molar refractivity (Wildman–Crippen MR) is 60.9 cm³/mol. The number of benzene rings is 1. The summed E-state index contributed by atoms with van der Waals surface area (Å²) in [6, 6.07) is 9.45. The molecule has 1 aromatic carbocycles. The van der Waals surface area contributed by atoms with Crippen molar-refractivity contribution in [2.75, 3.05) is 0 Å². The third-order valence-corrected chi connectivity index (χ3v) is 3.36. The topological polar surface area (TPSA) is 66.2 Å². The van der Waals surface area contributed by atoms with Gasteiger partial charge in [-0.15, -0.1) is 0 Å². The molecule has 4 heteroatoms. The molecule has 0 aliphatic heterocycles. The van der Waals surface area contributed by atoms with Crippen LogP contribution in [0.3, 0.4) is 0 Å². The first kappa shape index (κ1) is 12.4. The van der Waals surface area contributed by atoms with Gasteiger partial charge in [0.25, 0.3) is 0 Å². The molecule has 2 N–H and O–H groups in total. The normalized spacial score (nSPS) is 17.0. The van der Waals surface area contributed by atoms with Gasteiger partial charge in [0, 0.05) is 6.42 Å². The van der Waals surface area contributed by atoms with Crippen LogP contribution >= 0.6 is 0 Å². The second kappa shape index (κ2) is 5.39. The van der Waals surface area contributed by atoms with Crippen LogP contribution < -0.4 is 5.73 Å². The lowest BCUT2D eigenvalue weighted by Gasteiger charge is -2.31. The third kappa shape index (κ3) is 3.41. The third-order valence-electron chi connectivity index (χ3n) is 2.35. The van der Waals surface area contributed by atoms with E-state index >= 15 is 0 Å². The van der Waals surface area contributed by atoms with Gasteiger partial charge in [-0.2, -0.15) is 0 Å². The van der Waals surface area contributed by atoms with Gasteiger partial charge in [0.05, 0.1) is 4.87 Å². The molecule has 3 nitrogen and oxygen atoms in total. The fourth-order valence-corrected chi connectivity index (χ4v) is 2.25. The summed E-state index contributed by atoms with van der Waals surface area (Å²) in [6.07, 6.45) is 1.62. The van der Waals surface area contributed by atoms with E-state index in [1.807, 2.05) is 37.3 Å². The summed E-state index contributed by atoms with van der Waals surface area (Å²) in [6.45, 7) is 1.93. The van der Waals surface area contributed by atoms with Crippen LogP contribution in [0.4, 0.5) is 0 Å². The van der Waals surface area contributed by atoms with Crippen LogP contribution in [0.2, 0.25) is 0 Å². The molecule has 15 heavy (non-hydrogen) atoms. The van der Waals surface area contributed by atoms with Crippen molar-refractivity contribution in [3.05, 3.63) is 35.9 Å². The Balaban J connectivity index is 2.80. The number of rotatable bonds is 5. The molecule has 2 atom stereocenters. The van der Waals surface area contributed by atoms with E-state index < -0.39 is 16.0 Å². The molecule has 1 aromatic rings. The van der Waals surface area contributed by atoms with Crippen molar-refractivity contribution in [1.29, 1.82) is 0 Å². The summed E-state index contributed by atoms with van der Waals surface area (Å²) in [5.41, 5.74) is 6.83.